The molecule has 1 aromatic carbocycles. The van der Waals surface area contributed by atoms with Crippen LogP contribution < -0.4 is 22.2 Å². The number of benzene rings is 1. The molecule has 0 radical (unpaired) electrons. The molecule has 0 saturated carbocycles. The minimum absolute atomic E-state index is 0.0252. The van der Waals surface area contributed by atoms with Crippen LogP contribution in [0.2, 0.25) is 0 Å². The van der Waals surface area contributed by atoms with Crippen LogP contribution in [0, 0.1) is 0 Å². The number of nitrogens with one attached hydrogen (secondary N) is 2. The molecule has 2 heterocycles. The van der Waals surface area contributed by atoms with Gasteiger partial charge >= 0.3 is 5.69 Å². The molecular formula is C17H15N5O4. The van der Waals surface area contributed by atoms with Gasteiger partial charge in [-0.2, -0.15) is 5.10 Å². The normalized spacial score (nSPS) is 11.2. The zero-order valence-electron chi connectivity index (χ0n) is 14.0. The lowest BCUT2D eigenvalue weighted by Crippen LogP contribution is -2.39. The molecule has 0 saturated heterocycles. The van der Waals surface area contributed by atoms with Crippen molar-refractivity contribution in [2.45, 2.75) is 0 Å². The van der Waals surface area contributed by atoms with Crippen LogP contribution in [-0.2, 0) is 14.1 Å². The standard InChI is InChI=1S/C17H15N5O4/c1-21-14-13(16(25)22(2)17(21)26)11(8-12(23)19-14)15(24)20-18-9-10-6-4-3-5-7-10/h3-9H,1-2H3,(H,19,23)(H,20,24)/b18-9-. The maximum atomic E-state index is 12.4. The second-order valence-electron chi connectivity index (χ2n) is 5.59. The van der Waals surface area contributed by atoms with Crippen molar-refractivity contribution in [3.63, 3.8) is 0 Å². The summed E-state index contributed by atoms with van der Waals surface area (Å²) in [4.78, 5) is 51.2. The van der Waals surface area contributed by atoms with Gasteiger partial charge in [-0.05, 0) is 5.56 Å². The molecule has 0 spiro atoms. The van der Waals surface area contributed by atoms with E-state index in [0.29, 0.717) is 0 Å². The van der Waals surface area contributed by atoms with E-state index in [9.17, 15) is 19.2 Å². The Balaban J connectivity index is 2.09. The van der Waals surface area contributed by atoms with E-state index >= 15 is 0 Å². The van der Waals surface area contributed by atoms with Crippen molar-refractivity contribution < 1.29 is 4.79 Å². The van der Waals surface area contributed by atoms with Gasteiger partial charge < -0.3 is 4.98 Å². The summed E-state index contributed by atoms with van der Waals surface area (Å²) in [5.41, 5.74) is 0.958. The van der Waals surface area contributed by atoms with Crippen LogP contribution in [0.4, 0.5) is 0 Å². The predicted molar refractivity (Wildman–Crippen MR) is 96.6 cm³/mol. The summed E-state index contributed by atoms with van der Waals surface area (Å²) in [6.45, 7) is 0. The minimum Gasteiger partial charge on any atom is -0.308 e. The summed E-state index contributed by atoms with van der Waals surface area (Å²) in [6, 6.07) is 10.1. The zero-order chi connectivity index (χ0) is 18.8. The Kier molecular flexibility index (Phi) is 4.36. The number of carbonyl (C=O) groups is 1. The van der Waals surface area contributed by atoms with Gasteiger partial charge in [0.25, 0.3) is 11.5 Å². The number of nitrogens with zero attached hydrogens (tertiary/aromatic N) is 3. The molecule has 1 amide bonds. The highest BCUT2D eigenvalue weighted by Gasteiger charge is 2.18. The van der Waals surface area contributed by atoms with Crippen LogP contribution >= 0.6 is 0 Å². The monoisotopic (exact) mass is 353 g/mol. The fraction of sp³-hybridized carbons (Fsp3) is 0.118. The van der Waals surface area contributed by atoms with Gasteiger partial charge in [-0.15, -0.1) is 0 Å². The third-order valence-electron chi connectivity index (χ3n) is 3.87. The number of hydrogen-bond donors (Lipinski definition) is 2. The molecule has 0 unspecified atom stereocenters. The highest BCUT2D eigenvalue weighted by Crippen LogP contribution is 2.08. The largest absolute Gasteiger partial charge is 0.332 e. The minimum atomic E-state index is -0.732. The van der Waals surface area contributed by atoms with E-state index in [-0.39, 0.29) is 16.6 Å². The first-order valence-corrected chi connectivity index (χ1v) is 7.61. The first-order valence-electron chi connectivity index (χ1n) is 7.61. The quantitative estimate of drug-likeness (QED) is 0.496. The van der Waals surface area contributed by atoms with Crippen molar-refractivity contribution in [3.05, 3.63) is 78.7 Å². The molecule has 2 N–H and O–H groups in total. The number of H-pyrrole nitrogens is 1. The van der Waals surface area contributed by atoms with E-state index < -0.39 is 22.7 Å². The molecule has 9 nitrogen and oxygen atoms in total. The van der Waals surface area contributed by atoms with Crippen LogP contribution in [0.5, 0.6) is 0 Å². The van der Waals surface area contributed by atoms with Gasteiger partial charge in [-0.1, -0.05) is 30.3 Å². The number of aryl methyl sites for hydroxylation is 1. The molecule has 3 aromatic rings. The lowest BCUT2D eigenvalue weighted by Gasteiger charge is -2.09. The van der Waals surface area contributed by atoms with Crippen molar-refractivity contribution >= 4 is 23.2 Å². The summed E-state index contributed by atoms with van der Waals surface area (Å²) in [7, 11) is 2.69. The van der Waals surface area contributed by atoms with Gasteiger partial charge in [0.05, 0.1) is 17.2 Å². The van der Waals surface area contributed by atoms with Crippen molar-refractivity contribution in [1.82, 2.24) is 19.5 Å². The Hall–Kier alpha value is -3.75. The van der Waals surface area contributed by atoms with Crippen LogP contribution in [0.3, 0.4) is 0 Å². The van der Waals surface area contributed by atoms with Gasteiger partial charge in [0, 0.05) is 20.2 Å². The smallest absolute Gasteiger partial charge is 0.308 e. The average molecular weight is 353 g/mol. The summed E-state index contributed by atoms with van der Waals surface area (Å²) in [5, 5.41) is 3.76. The Morgan fingerprint density at radius 1 is 1.12 bits per heavy atom. The van der Waals surface area contributed by atoms with Gasteiger partial charge in [0.15, 0.2) is 0 Å². The maximum absolute atomic E-state index is 12.4. The van der Waals surface area contributed by atoms with E-state index in [2.05, 4.69) is 15.5 Å². The van der Waals surface area contributed by atoms with Gasteiger partial charge in [0.1, 0.15) is 5.65 Å². The van der Waals surface area contributed by atoms with Gasteiger partial charge in [-0.25, -0.2) is 10.2 Å². The first kappa shape index (κ1) is 17.1. The summed E-state index contributed by atoms with van der Waals surface area (Å²) in [5.74, 6) is -0.732. The number of hydrogen-bond acceptors (Lipinski definition) is 5. The molecular weight excluding hydrogens is 338 g/mol. The molecule has 0 aliphatic carbocycles. The maximum Gasteiger partial charge on any atom is 0.332 e. The molecule has 0 fully saturated rings. The van der Waals surface area contributed by atoms with Crippen molar-refractivity contribution in [3.8, 4) is 0 Å². The number of carbonyl (C=O) groups excluding carboxylic acids is 1. The van der Waals surface area contributed by atoms with Crippen LogP contribution in [0.1, 0.15) is 15.9 Å². The molecule has 0 aliphatic rings. The molecule has 0 aliphatic heterocycles. The Morgan fingerprint density at radius 3 is 2.50 bits per heavy atom. The topological polar surface area (TPSA) is 118 Å². The number of aromatic nitrogens is 3. The second-order valence-corrected chi connectivity index (χ2v) is 5.59. The predicted octanol–water partition coefficient (Wildman–Crippen LogP) is -0.311. The molecule has 132 valence electrons. The van der Waals surface area contributed by atoms with Crippen LogP contribution in [0.25, 0.3) is 11.0 Å². The first-order chi connectivity index (χ1) is 12.4. The van der Waals surface area contributed by atoms with Crippen molar-refractivity contribution in [1.29, 1.82) is 0 Å². The van der Waals surface area contributed by atoms with Gasteiger partial charge in [-0.3, -0.25) is 23.5 Å². The number of rotatable bonds is 3. The Morgan fingerprint density at radius 2 is 1.81 bits per heavy atom. The Bertz CT molecular complexity index is 1200. The number of fused-ring (bicyclic) bond motifs is 1. The van der Waals surface area contributed by atoms with Gasteiger partial charge in [0.2, 0.25) is 5.56 Å². The zero-order valence-corrected chi connectivity index (χ0v) is 14.0. The average Bonchev–Trinajstić information content (AvgIpc) is 2.64. The van der Waals surface area contributed by atoms with E-state index in [1.807, 2.05) is 18.2 Å². The highest BCUT2D eigenvalue weighted by atomic mass is 16.2. The van der Waals surface area contributed by atoms with E-state index in [4.69, 9.17) is 0 Å². The summed E-state index contributed by atoms with van der Waals surface area (Å²) in [6.07, 6.45) is 1.43. The molecule has 9 heteroatoms. The third kappa shape index (κ3) is 2.97. The number of amides is 1. The molecule has 26 heavy (non-hydrogen) atoms. The number of hydrazone groups is 1. The Labute approximate surface area is 146 Å². The van der Waals surface area contributed by atoms with Crippen LogP contribution in [0.15, 0.2) is 55.9 Å². The summed E-state index contributed by atoms with van der Waals surface area (Å²) >= 11 is 0. The number of pyridine rings is 1. The van der Waals surface area contributed by atoms with Crippen LogP contribution in [-0.4, -0.2) is 26.2 Å². The molecule has 0 bridgehead atoms. The fourth-order valence-corrected chi connectivity index (χ4v) is 2.53. The van der Waals surface area contributed by atoms with E-state index in [0.717, 1.165) is 20.8 Å². The van der Waals surface area contributed by atoms with Crippen molar-refractivity contribution in [2.75, 3.05) is 0 Å². The SMILES string of the molecule is Cn1c(=O)c2c(C(=O)N/N=C\c3ccccc3)cc(=O)[nH]c2n(C)c1=O. The summed E-state index contributed by atoms with van der Waals surface area (Å²) < 4.78 is 1.97. The third-order valence-corrected chi connectivity index (χ3v) is 3.87. The molecule has 0 atom stereocenters. The molecule has 3 rings (SSSR count). The fourth-order valence-electron chi connectivity index (χ4n) is 2.53. The van der Waals surface area contributed by atoms with E-state index in [1.165, 1.54) is 20.3 Å². The van der Waals surface area contributed by atoms with Crippen molar-refractivity contribution in [2.24, 2.45) is 19.2 Å². The second kappa shape index (κ2) is 6.63. The number of aromatic amines is 1. The van der Waals surface area contributed by atoms with E-state index in [1.54, 1.807) is 12.1 Å². The highest BCUT2D eigenvalue weighted by molar-refractivity contribution is 6.05. The lowest BCUT2D eigenvalue weighted by molar-refractivity contribution is 0.0956. The lowest BCUT2D eigenvalue weighted by atomic mass is 10.1. The molecule has 2 aromatic heterocycles.